The number of sulfonamides is 2. The molecule has 22 heteroatoms. The SMILES string of the molecule is COc1ccc(CN(Cc2ccc(OC)cc2)S(=O)(=O)c2c(S(=O)(=O)N[C@@H]3CCN(C(=O)OC(C)(C)C)C3)ccc(N3CCn4ncnc4C3)c2-c2nnnn2Cc2ccc(OC)cc2)cc1. The molecule has 67 heavy (non-hydrogen) atoms. The first-order chi connectivity index (χ1) is 32.0. The number of likely N-dealkylation sites (tertiary alicyclic amines) is 1. The molecule has 4 aromatic carbocycles. The van der Waals surface area contributed by atoms with Crippen molar-refractivity contribution in [3.63, 3.8) is 0 Å². The van der Waals surface area contributed by atoms with E-state index in [0.29, 0.717) is 53.0 Å². The van der Waals surface area contributed by atoms with Gasteiger partial charge in [0.25, 0.3) is 0 Å². The molecule has 0 radical (unpaired) electrons. The molecule has 4 heterocycles. The quantitative estimate of drug-likeness (QED) is 0.139. The minimum Gasteiger partial charge on any atom is -0.497 e. The number of nitrogens with zero attached hydrogens (tertiary/aromatic N) is 10. The number of fused-ring (bicyclic) bond motifs is 1. The van der Waals surface area contributed by atoms with Crippen molar-refractivity contribution in [2.75, 3.05) is 45.9 Å². The van der Waals surface area contributed by atoms with Crippen LogP contribution in [0.2, 0.25) is 0 Å². The molecule has 8 rings (SSSR count). The van der Waals surface area contributed by atoms with E-state index in [-0.39, 0.29) is 57.1 Å². The molecule has 2 aliphatic heterocycles. The Morgan fingerprint density at radius 1 is 0.791 bits per heavy atom. The van der Waals surface area contributed by atoms with Gasteiger partial charge in [-0.15, -0.1) is 5.10 Å². The van der Waals surface area contributed by atoms with E-state index < -0.39 is 47.6 Å². The van der Waals surface area contributed by atoms with Crippen LogP contribution in [0.4, 0.5) is 10.5 Å². The molecule has 1 amide bonds. The number of hydrogen-bond acceptors (Lipinski definition) is 15. The number of aromatic nitrogens is 7. The molecule has 2 aromatic heterocycles. The van der Waals surface area contributed by atoms with Gasteiger partial charge in [0.15, 0.2) is 5.82 Å². The second kappa shape index (κ2) is 19.3. The van der Waals surface area contributed by atoms with Crippen molar-refractivity contribution in [2.45, 2.75) is 81.3 Å². The molecule has 1 N–H and O–H groups in total. The number of carbonyl (C=O) groups excluding carboxylic acids is 1. The van der Waals surface area contributed by atoms with Crippen LogP contribution in [-0.4, -0.2) is 120 Å². The zero-order chi connectivity index (χ0) is 47.5. The summed E-state index contributed by atoms with van der Waals surface area (Å²) in [5.74, 6) is 2.39. The molecule has 20 nitrogen and oxygen atoms in total. The minimum absolute atomic E-state index is 0.000652. The Morgan fingerprint density at radius 2 is 1.39 bits per heavy atom. The van der Waals surface area contributed by atoms with Crippen molar-refractivity contribution in [3.05, 3.63) is 114 Å². The van der Waals surface area contributed by atoms with Crippen molar-refractivity contribution in [3.8, 4) is 28.6 Å². The standard InChI is InChI=1S/C45H53N11O9S2/c1-45(2,3)65-44(57)53-22-21-34(28-53)49-66(58,59)39-20-19-38(52-23-24-55-40(29-52)46-30-47-55)41(43-48-50-51-56(43)27-33-11-17-37(64-6)18-12-33)42(39)67(60,61)54(25-31-7-13-35(62-4)14-8-31)26-32-9-15-36(63-5)16-10-32/h7-20,30,34,49H,21-29H2,1-6H3/t34-/m1/s1. The van der Waals surface area contributed by atoms with Crippen molar-refractivity contribution < 1.29 is 40.6 Å². The number of tetrazole rings is 1. The van der Waals surface area contributed by atoms with Crippen molar-refractivity contribution >= 4 is 31.8 Å². The fourth-order valence-corrected chi connectivity index (χ4v) is 11.7. The fraction of sp³-hybridized carbons (Fsp3) is 0.378. The van der Waals surface area contributed by atoms with Gasteiger partial charge in [0.2, 0.25) is 20.0 Å². The van der Waals surface area contributed by atoms with E-state index in [9.17, 15) is 4.79 Å². The molecule has 0 spiro atoms. The van der Waals surface area contributed by atoms with Gasteiger partial charge in [-0.05, 0) is 103 Å². The van der Waals surface area contributed by atoms with Crippen LogP contribution in [0.15, 0.2) is 101 Å². The predicted octanol–water partition coefficient (Wildman–Crippen LogP) is 4.70. The number of hydrogen-bond donors (Lipinski definition) is 1. The first-order valence-corrected chi connectivity index (χ1v) is 24.4. The second-order valence-electron chi connectivity index (χ2n) is 17.1. The Hall–Kier alpha value is -6.62. The van der Waals surface area contributed by atoms with Crippen LogP contribution in [0, 0.1) is 0 Å². The van der Waals surface area contributed by atoms with Crippen LogP contribution >= 0.6 is 0 Å². The molecule has 1 fully saturated rings. The number of ether oxygens (including phenoxy) is 4. The summed E-state index contributed by atoms with van der Waals surface area (Å²) < 4.78 is 91.6. The predicted molar refractivity (Wildman–Crippen MR) is 245 cm³/mol. The average Bonchev–Trinajstić information content (AvgIpc) is 4.10. The zero-order valence-corrected chi connectivity index (χ0v) is 39.7. The summed E-state index contributed by atoms with van der Waals surface area (Å²) in [4.78, 5) is 19.8. The van der Waals surface area contributed by atoms with Gasteiger partial charge in [-0.3, -0.25) is 0 Å². The van der Waals surface area contributed by atoms with Crippen LogP contribution in [0.25, 0.3) is 11.4 Å². The lowest BCUT2D eigenvalue weighted by Crippen LogP contribution is -2.41. The van der Waals surface area contributed by atoms with E-state index in [1.165, 1.54) is 40.5 Å². The second-order valence-corrected chi connectivity index (χ2v) is 20.7. The molecule has 1 saturated heterocycles. The molecule has 0 unspecified atom stereocenters. The summed E-state index contributed by atoms with van der Waals surface area (Å²) >= 11 is 0. The number of rotatable bonds is 16. The number of methoxy groups -OCH3 is 3. The number of carbonyl (C=O) groups is 1. The van der Waals surface area contributed by atoms with E-state index in [2.05, 4.69) is 30.3 Å². The molecule has 6 aromatic rings. The Morgan fingerprint density at radius 3 is 1.97 bits per heavy atom. The number of nitrogens with one attached hydrogen (secondary N) is 1. The largest absolute Gasteiger partial charge is 0.497 e. The van der Waals surface area contributed by atoms with Gasteiger partial charge in [0.05, 0.1) is 46.5 Å². The van der Waals surface area contributed by atoms with Crippen LogP contribution in [0.1, 0.15) is 49.7 Å². The molecule has 1 atom stereocenters. The lowest BCUT2D eigenvalue weighted by molar-refractivity contribution is 0.0292. The van der Waals surface area contributed by atoms with Crippen LogP contribution in [0.3, 0.4) is 0 Å². The van der Waals surface area contributed by atoms with Gasteiger partial charge in [-0.25, -0.2) is 40.7 Å². The van der Waals surface area contributed by atoms with E-state index >= 15 is 16.8 Å². The van der Waals surface area contributed by atoms with Crippen molar-refractivity contribution in [1.29, 1.82) is 0 Å². The number of amides is 1. The summed E-state index contributed by atoms with van der Waals surface area (Å²) in [5, 5.41) is 17.2. The summed E-state index contributed by atoms with van der Waals surface area (Å²) in [6, 6.07) is 23.3. The highest BCUT2D eigenvalue weighted by molar-refractivity contribution is 7.92. The first-order valence-electron chi connectivity index (χ1n) is 21.5. The molecule has 354 valence electrons. The highest BCUT2D eigenvalue weighted by atomic mass is 32.2. The molecule has 0 saturated carbocycles. The summed E-state index contributed by atoms with van der Waals surface area (Å²) in [6.07, 6.45) is 1.12. The van der Waals surface area contributed by atoms with Gasteiger partial charge in [-0.1, -0.05) is 36.4 Å². The normalized spacial score (nSPS) is 15.4. The molecule has 0 aliphatic carbocycles. The molecule has 2 aliphatic rings. The smallest absolute Gasteiger partial charge is 0.410 e. The lowest BCUT2D eigenvalue weighted by Gasteiger charge is -2.32. The van der Waals surface area contributed by atoms with E-state index in [0.717, 1.165) is 5.56 Å². The fourth-order valence-electron chi connectivity index (χ4n) is 8.02. The van der Waals surface area contributed by atoms with E-state index in [1.807, 2.05) is 17.0 Å². The maximum absolute atomic E-state index is 16.2. The minimum atomic E-state index is -4.91. The van der Waals surface area contributed by atoms with E-state index in [4.69, 9.17) is 18.9 Å². The van der Waals surface area contributed by atoms with Crippen LogP contribution < -0.4 is 23.8 Å². The zero-order valence-electron chi connectivity index (χ0n) is 38.1. The average molecular weight is 956 g/mol. The van der Waals surface area contributed by atoms with Gasteiger partial charge in [-0.2, -0.15) is 9.40 Å². The third-order valence-corrected chi connectivity index (χ3v) is 15.0. The van der Waals surface area contributed by atoms with Gasteiger partial charge < -0.3 is 28.7 Å². The van der Waals surface area contributed by atoms with Crippen molar-refractivity contribution in [2.24, 2.45) is 0 Å². The first kappa shape index (κ1) is 46.9. The molecular formula is C45H53N11O9S2. The highest BCUT2D eigenvalue weighted by Gasteiger charge is 2.41. The van der Waals surface area contributed by atoms with Crippen LogP contribution in [0.5, 0.6) is 17.2 Å². The highest BCUT2D eigenvalue weighted by Crippen LogP contribution is 2.43. The van der Waals surface area contributed by atoms with E-state index in [1.54, 1.807) is 99.3 Å². The lowest BCUT2D eigenvalue weighted by atomic mass is 10.1. The summed E-state index contributed by atoms with van der Waals surface area (Å²) in [7, 11) is -4.99. The van der Waals surface area contributed by atoms with Crippen LogP contribution in [-0.2, 0) is 57.5 Å². The topological polar surface area (TPSA) is 218 Å². The summed E-state index contributed by atoms with van der Waals surface area (Å²) in [6.45, 7) is 6.17. The summed E-state index contributed by atoms with van der Waals surface area (Å²) in [5.41, 5.74) is 1.51. The number of anilines is 1. The maximum Gasteiger partial charge on any atom is 0.410 e. The molecular weight excluding hydrogens is 903 g/mol. The Balaban J connectivity index is 1.33. The maximum atomic E-state index is 16.2. The Labute approximate surface area is 389 Å². The molecule has 0 bridgehead atoms. The number of benzene rings is 4. The van der Waals surface area contributed by atoms with Crippen molar-refractivity contribution in [1.82, 2.24) is 48.9 Å². The van der Waals surface area contributed by atoms with Gasteiger partial charge in [0.1, 0.15) is 44.8 Å². The van der Waals surface area contributed by atoms with Gasteiger partial charge >= 0.3 is 6.09 Å². The third kappa shape index (κ3) is 10.5. The third-order valence-electron chi connectivity index (χ3n) is 11.4. The van der Waals surface area contributed by atoms with Gasteiger partial charge in [0, 0.05) is 44.5 Å². The Bertz CT molecular complexity index is 2870. The Kier molecular flexibility index (Phi) is 13.5. The monoisotopic (exact) mass is 955 g/mol.